The number of anilines is 1. The van der Waals surface area contributed by atoms with Crippen molar-refractivity contribution in [1.29, 1.82) is 0 Å². The molecular formula is C15H9F3N2O3. The van der Waals surface area contributed by atoms with Crippen LogP contribution in [-0.4, -0.2) is 10.8 Å². The first-order valence-corrected chi connectivity index (χ1v) is 6.54. The summed E-state index contributed by atoms with van der Waals surface area (Å²) < 4.78 is 38.3. The zero-order chi connectivity index (χ0) is 16.8. The van der Waals surface area contributed by atoms with Crippen molar-refractivity contribution in [3.8, 4) is 0 Å². The van der Waals surface area contributed by atoms with Gasteiger partial charge in [0.1, 0.15) is 0 Å². The van der Waals surface area contributed by atoms with Gasteiger partial charge in [0.15, 0.2) is 0 Å². The molecule has 0 fully saturated rings. The quantitative estimate of drug-likeness (QED) is 0.624. The van der Waals surface area contributed by atoms with Crippen molar-refractivity contribution >= 4 is 17.3 Å². The van der Waals surface area contributed by atoms with E-state index < -0.39 is 22.6 Å². The lowest BCUT2D eigenvalue weighted by molar-refractivity contribution is -0.384. The zero-order valence-electron chi connectivity index (χ0n) is 11.5. The Morgan fingerprint density at radius 1 is 1.13 bits per heavy atom. The summed E-state index contributed by atoms with van der Waals surface area (Å²) in [4.78, 5) is 23.7. The molecule has 1 aliphatic heterocycles. The highest BCUT2D eigenvalue weighted by molar-refractivity contribution is 6.10. The molecule has 2 aromatic rings. The summed E-state index contributed by atoms with van der Waals surface area (Å²) in [5.74, 6) is -0.553. The highest BCUT2D eigenvalue weighted by Crippen LogP contribution is 2.35. The summed E-state index contributed by atoms with van der Waals surface area (Å²) in [6, 6.07) is 8.27. The van der Waals surface area contributed by atoms with Crippen LogP contribution in [0.3, 0.4) is 0 Å². The smallest absolute Gasteiger partial charge is 0.304 e. The normalized spacial score (nSPS) is 14.0. The molecule has 0 N–H and O–H groups in total. The average Bonchev–Trinajstić information content (AvgIpc) is 2.83. The van der Waals surface area contributed by atoms with E-state index in [2.05, 4.69) is 0 Å². The molecule has 2 aromatic carbocycles. The topological polar surface area (TPSA) is 63.4 Å². The van der Waals surface area contributed by atoms with Crippen LogP contribution in [-0.2, 0) is 12.7 Å². The van der Waals surface area contributed by atoms with Gasteiger partial charge in [-0.3, -0.25) is 14.9 Å². The number of amides is 1. The monoisotopic (exact) mass is 322 g/mol. The number of hydrogen-bond acceptors (Lipinski definition) is 3. The van der Waals surface area contributed by atoms with Crippen LogP contribution in [0.4, 0.5) is 24.5 Å². The summed E-state index contributed by atoms with van der Waals surface area (Å²) in [5, 5.41) is 10.8. The Labute approximate surface area is 128 Å². The van der Waals surface area contributed by atoms with Crippen LogP contribution in [0.5, 0.6) is 0 Å². The Morgan fingerprint density at radius 2 is 1.87 bits per heavy atom. The fourth-order valence-electron chi connectivity index (χ4n) is 2.46. The maximum atomic E-state index is 12.8. The number of nitrogens with zero attached hydrogens (tertiary/aromatic N) is 2. The molecule has 118 valence electrons. The first kappa shape index (κ1) is 15.0. The summed E-state index contributed by atoms with van der Waals surface area (Å²) in [7, 11) is 0. The minimum Gasteiger partial charge on any atom is -0.304 e. The van der Waals surface area contributed by atoms with E-state index >= 15 is 0 Å². The minimum atomic E-state index is -4.51. The molecule has 3 rings (SSSR count). The number of carbonyl (C=O) groups is 1. The molecule has 8 heteroatoms. The van der Waals surface area contributed by atoms with Crippen molar-refractivity contribution in [2.75, 3.05) is 4.90 Å². The fourth-order valence-corrected chi connectivity index (χ4v) is 2.46. The number of nitro benzene ring substituents is 1. The average molecular weight is 322 g/mol. The SMILES string of the molecule is O=C1c2cc([N+](=O)[O-])ccc2CN1c1cccc(C(F)(F)F)c1. The molecule has 0 unspecified atom stereocenters. The van der Waals surface area contributed by atoms with Gasteiger partial charge in [-0.2, -0.15) is 13.2 Å². The van der Waals surface area contributed by atoms with E-state index in [0.717, 1.165) is 18.2 Å². The van der Waals surface area contributed by atoms with Crippen molar-refractivity contribution in [3.63, 3.8) is 0 Å². The Kier molecular flexibility index (Phi) is 3.32. The molecule has 5 nitrogen and oxygen atoms in total. The molecule has 0 aliphatic carbocycles. The molecule has 23 heavy (non-hydrogen) atoms. The van der Waals surface area contributed by atoms with Crippen LogP contribution in [0.2, 0.25) is 0 Å². The summed E-state index contributed by atoms with van der Waals surface area (Å²) in [6.07, 6.45) is -4.51. The Hall–Kier alpha value is -2.90. The first-order valence-electron chi connectivity index (χ1n) is 6.54. The molecule has 0 bridgehead atoms. The number of alkyl halides is 3. The van der Waals surface area contributed by atoms with Gasteiger partial charge in [-0.15, -0.1) is 0 Å². The van der Waals surface area contributed by atoms with E-state index in [9.17, 15) is 28.1 Å². The van der Waals surface area contributed by atoms with Gasteiger partial charge in [0.25, 0.3) is 11.6 Å². The molecule has 0 saturated heterocycles. The Bertz CT molecular complexity index is 818. The van der Waals surface area contributed by atoms with Gasteiger partial charge in [0.05, 0.1) is 22.6 Å². The summed E-state index contributed by atoms with van der Waals surface area (Å²) in [5.41, 5.74) is -0.314. The Balaban J connectivity index is 1.98. The maximum absolute atomic E-state index is 12.8. The lowest BCUT2D eigenvalue weighted by Crippen LogP contribution is -2.23. The second-order valence-electron chi connectivity index (χ2n) is 5.04. The van der Waals surface area contributed by atoms with Gasteiger partial charge in [-0.25, -0.2) is 0 Å². The predicted molar refractivity (Wildman–Crippen MR) is 75.1 cm³/mol. The van der Waals surface area contributed by atoms with Crippen LogP contribution < -0.4 is 4.90 Å². The number of halogens is 3. The number of rotatable bonds is 2. The van der Waals surface area contributed by atoms with Crippen LogP contribution in [0, 0.1) is 10.1 Å². The number of non-ortho nitro benzene ring substituents is 1. The molecule has 0 aromatic heterocycles. The number of nitro groups is 1. The van der Waals surface area contributed by atoms with Gasteiger partial charge in [-0.05, 0) is 29.8 Å². The fraction of sp³-hybridized carbons (Fsp3) is 0.133. The van der Waals surface area contributed by atoms with Crippen LogP contribution in [0.1, 0.15) is 21.5 Å². The highest BCUT2D eigenvalue weighted by atomic mass is 19.4. The Morgan fingerprint density at radius 3 is 2.52 bits per heavy atom. The van der Waals surface area contributed by atoms with Gasteiger partial charge in [0.2, 0.25) is 0 Å². The van der Waals surface area contributed by atoms with E-state index in [0.29, 0.717) is 5.56 Å². The lowest BCUT2D eigenvalue weighted by Gasteiger charge is -2.17. The van der Waals surface area contributed by atoms with Gasteiger partial charge < -0.3 is 4.90 Å². The summed E-state index contributed by atoms with van der Waals surface area (Å²) >= 11 is 0. The third-order valence-corrected chi connectivity index (χ3v) is 3.59. The molecule has 0 spiro atoms. The van der Waals surface area contributed by atoms with E-state index in [-0.39, 0.29) is 23.5 Å². The number of fused-ring (bicyclic) bond motifs is 1. The van der Waals surface area contributed by atoms with Crippen molar-refractivity contribution in [2.45, 2.75) is 12.7 Å². The largest absolute Gasteiger partial charge is 0.416 e. The second kappa shape index (κ2) is 5.08. The number of carbonyl (C=O) groups excluding carboxylic acids is 1. The van der Waals surface area contributed by atoms with Crippen LogP contribution in [0.25, 0.3) is 0 Å². The van der Waals surface area contributed by atoms with Crippen molar-refractivity contribution in [1.82, 2.24) is 0 Å². The molecule has 1 amide bonds. The first-order chi connectivity index (χ1) is 10.8. The van der Waals surface area contributed by atoms with Crippen LogP contribution >= 0.6 is 0 Å². The van der Waals surface area contributed by atoms with Gasteiger partial charge in [0, 0.05) is 17.8 Å². The van der Waals surface area contributed by atoms with Crippen molar-refractivity contribution < 1.29 is 22.9 Å². The molecule has 1 heterocycles. The lowest BCUT2D eigenvalue weighted by atomic mass is 10.1. The van der Waals surface area contributed by atoms with Crippen LogP contribution in [0.15, 0.2) is 42.5 Å². The van der Waals surface area contributed by atoms with E-state index in [1.807, 2.05) is 0 Å². The third-order valence-electron chi connectivity index (χ3n) is 3.59. The third kappa shape index (κ3) is 2.63. The molecule has 1 aliphatic rings. The maximum Gasteiger partial charge on any atom is 0.416 e. The molecule has 0 atom stereocenters. The second-order valence-corrected chi connectivity index (χ2v) is 5.04. The standard InChI is InChI=1S/C15H9F3N2O3/c16-15(17,18)10-2-1-3-11(6-10)19-8-9-4-5-12(20(22)23)7-13(9)14(19)21/h1-7H,8H2. The van der Waals surface area contributed by atoms with E-state index in [1.54, 1.807) is 0 Å². The number of hydrogen-bond donors (Lipinski definition) is 0. The predicted octanol–water partition coefficient (Wildman–Crippen LogP) is 3.77. The van der Waals surface area contributed by atoms with E-state index in [1.165, 1.54) is 29.2 Å². The molecule has 0 saturated carbocycles. The summed E-state index contributed by atoms with van der Waals surface area (Å²) in [6.45, 7) is 0.0769. The van der Waals surface area contributed by atoms with Gasteiger partial charge >= 0.3 is 6.18 Å². The van der Waals surface area contributed by atoms with E-state index in [4.69, 9.17) is 0 Å². The highest BCUT2D eigenvalue weighted by Gasteiger charge is 2.34. The zero-order valence-corrected chi connectivity index (χ0v) is 11.5. The molecular weight excluding hydrogens is 313 g/mol. The molecule has 0 radical (unpaired) electrons. The minimum absolute atomic E-state index is 0.0769. The van der Waals surface area contributed by atoms with Crippen molar-refractivity contribution in [2.24, 2.45) is 0 Å². The number of benzene rings is 2. The van der Waals surface area contributed by atoms with Crippen molar-refractivity contribution in [3.05, 3.63) is 69.3 Å². The van der Waals surface area contributed by atoms with Gasteiger partial charge in [-0.1, -0.05) is 6.07 Å².